The van der Waals surface area contributed by atoms with Crippen LogP contribution in [-0.4, -0.2) is 52.5 Å². The maximum absolute atomic E-state index is 14.0. The van der Waals surface area contributed by atoms with E-state index in [1.54, 1.807) is 37.8 Å². The molecule has 162 valence electrons. The number of hydrogen-bond donors (Lipinski definition) is 3. The lowest BCUT2D eigenvalue weighted by molar-refractivity contribution is -0.123. The molecule has 1 aliphatic heterocycles. The van der Waals surface area contributed by atoms with Crippen LogP contribution < -0.4 is 15.5 Å². The zero-order chi connectivity index (χ0) is 22.0. The van der Waals surface area contributed by atoms with Gasteiger partial charge in [-0.25, -0.2) is 9.37 Å². The fourth-order valence-electron chi connectivity index (χ4n) is 3.86. The molecule has 0 bridgehead atoms. The molecular weight excluding hydrogens is 419 g/mol. The third-order valence-corrected chi connectivity index (χ3v) is 6.69. The molecule has 31 heavy (non-hydrogen) atoms. The number of likely N-dealkylation sites (N-methyl/N-ethyl adjacent to an activating group) is 1. The van der Waals surface area contributed by atoms with Crippen LogP contribution in [0, 0.1) is 5.82 Å². The number of H-pyrrole nitrogens is 1. The van der Waals surface area contributed by atoms with Crippen LogP contribution in [0.4, 0.5) is 15.8 Å². The van der Waals surface area contributed by atoms with Crippen LogP contribution in [0.1, 0.15) is 30.3 Å². The highest BCUT2D eigenvalue weighted by Gasteiger charge is 2.37. The smallest absolute Gasteiger partial charge is 0.275 e. The zero-order valence-corrected chi connectivity index (χ0v) is 18.1. The summed E-state index contributed by atoms with van der Waals surface area (Å²) in [4.78, 5) is 31.3. The summed E-state index contributed by atoms with van der Waals surface area (Å²) >= 11 is 1.33. The molecule has 1 amide bonds. The monoisotopic (exact) mass is 442 g/mol. The number of hydrogen-bond acceptors (Lipinski definition) is 7. The standard InChI is InChI=1S/C21H23FN6O2S/c1-13(29)21(23-2)5-7-28(8-6-21)18-4-3-15(22)9-16(18)26-19(30)17-12-31-20(27-17)14-10-24-25-11-14/h3-4,9-12,23H,5-8H2,1-2H3,(H,24,25)(H,26,30). The minimum atomic E-state index is -0.538. The van der Waals surface area contributed by atoms with E-state index in [0.29, 0.717) is 42.3 Å². The third kappa shape index (κ3) is 4.21. The molecule has 1 aliphatic rings. The number of aromatic nitrogens is 3. The van der Waals surface area contributed by atoms with Crippen LogP contribution in [0.25, 0.3) is 10.6 Å². The van der Waals surface area contributed by atoms with Gasteiger partial charge in [0, 0.05) is 30.2 Å². The Labute approximate surface area is 182 Å². The van der Waals surface area contributed by atoms with Gasteiger partial charge in [0.05, 0.1) is 23.1 Å². The van der Waals surface area contributed by atoms with Gasteiger partial charge < -0.3 is 15.5 Å². The minimum absolute atomic E-state index is 0.110. The van der Waals surface area contributed by atoms with Crippen LogP contribution in [0.3, 0.4) is 0 Å². The van der Waals surface area contributed by atoms with E-state index in [0.717, 1.165) is 5.56 Å². The van der Waals surface area contributed by atoms with Crippen molar-refractivity contribution in [3.05, 3.63) is 47.5 Å². The van der Waals surface area contributed by atoms with Crippen LogP contribution >= 0.6 is 11.3 Å². The van der Waals surface area contributed by atoms with Crippen LogP contribution in [0.2, 0.25) is 0 Å². The van der Waals surface area contributed by atoms with Crippen molar-refractivity contribution in [1.82, 2.24) is 20.5 Å². The van der Waals surface area contributed by atoms with Gasteiger partial charge in [-0.15, -0.1) is 11.3 Å². The van der Waals surface area contributed by atoms with Crippen molar-refractivity contribution in [2.75, 3.05) is 30.4 Å². The summed E-state index contributed by atoms with van der Waals surface area (Å²) in [6, 6.07) is 4.33. The molecule has 4 rings (SSSR count). The van der Waals surface area contributed by atoms with Crippen molar-refractivity contribution in [2.24, 2.45) is 0 Å². The number of thiazole rings is 1. The molecule has 1 fully saturated rings. The number of ketones is 1. The Morgan fingerprint density at radius 1 is 1.29 bits per heavy atom. The van der Waals surface area contributed by atoms with E-state index in [9.17, 15) is 14.0 Å². The van der Waals surface area contributed by atoms with E-state index in [1.807, 2.05) is 0 Å². The van der Waals surface area contributed by atoms with E-state index in [2.05, 4.69) is 30.7 Å². The topological polar surface area (TPSA) is 103 Å². The number of carbonyl (C=O) groups excluding carboxylic acids is 2. The van der Waals surface area contributed by atoms with Crippen molar-refractivity contribution in [1.29, 1.82) is 0 Å². The highest BCUT2D eigenvalue weighted by Crippen LogP contribution is 2.33. The maximum atomic E-state index is 14.0. The van der Waals surface area contributed by atoms with Crippen LogP contribution in [-0.2, 0) is 4.79 Å². The van der Waals surface area contributed by atoms with E-state index < -0.39 is 17.3 Å². The second-order valence-electron chi connectivity index (χ2n) is 7.52. The maximum Gasteiger partial charge on any atom is 0.275 e. The highest BCUT2D eigenvalue weighted by molar-refractivity contribution is 7.13. The first-order valence-corrected chi connectivity index (χ1v) is 10.8. The molecule has 0 aliphatic carbocycles. The number of Topliss-reactive ketones (excluding diaryl/α,β-unsaturated/α-hetero) is 1. The number of nitrogens with zero attached hydrogens (tertiary/aromatic N) is 3. The van der Waals surface area contributed by atoms with Crippen LogP contribution in [0.15, 0.2) is 36.0 Å². The van der Waals surface area contributed by atoms with E-state index in [-0.39, 0.29) is 11.5 Å². The Bertz CT molecular complexity index is 1090. The average Bonchev–Trinajstić information content (AvgIpc) is 3.46. The number of carbonyl (C=O) groups is 2. The molecule has 8 nitrogen and oxygen atoms in total. The molecule has 0 saturated carbocycles. The molecule has 2 aromatic heterocycles. The number of nitrogens with one attached hydrogen (secondary N) is 3. The molecule has 0 radical (unpaired) electrons. The lowest BCUT2D eigenvalue weighted by Gasteiger charge is -2.41. The average molecular weight is 443 g/mol. The summed E-state index contributed by atoms with van der Waals surface area (Å²) in [6.07, 6.45) is 4.59. The third-order valence-electron chi connectivity index (χ3n) is 5.80. The van der Waals surface area contributed by atoms with Crippen molar-refractivity contribution < 1.29 is 14.0 Å². The van der Waals surface area contributed by atoms with Gasteiger partial charge in [0.15, 0.2) is 0 Å². The quantitative estimate of drug-likeness (QED) is 0.542. The van der Waals surface area contributed by atoms with Gasteiger partial charge in [0.1, 0.15) is 22.3 Å². The zero-order valence-electron chi connectivity index (χ0n) is 17.2. The van der Waals surface area contributed by atoms with Crippen molar-refractivity contribution in [3.8, 4) is 10.6 Å². The first-order chi connectivity index (χ1) is 14.9. The normalized spacial score (nSPS) is 15.6. The summed E-state index contributed by atoms with van der Waals surface area (Å²) < 4.78 is 14.0. The van der Waals surface area contributed by atoms with E-state index in [4.69, 9.17) is 0 Å². The predicted molar refractivity (Wildman–Crippen MR) is 118 cm³/mol. The number of piperidine rings is 1. The largest absolute Gasteiger partial charge is 0.370 e. The molecule has 0 spiro atoms. The fraction of sp³-hybridized carbons (Fsp3) is 0.333. The highest BCUT2D eigenvalue weighted by atomic mass is 32.1. The Kier molecular flexibility index (Phi) is 5.84. The summed E-state index contributed by atoms with van der Waals surface area (Å²) in [5.41, 5.74) is 1.60. The van der Waals surface area contributed by atoms with Gasteiger partial charge in [-0.05, 0) is 45.0 Å². The number of benzene rings is 1. The van der Waals surface area contributed by atoms with Crippen molar-refractivity contribution in [2.45, 2.75) is 25.3 Å². The van der Waals surface area contributed by atoms with Crippen molar-refractivity contribution in [3.63, 3.8) is 0 Å². The Hall–Kier alpha value is -3.11. The van der Waals surface area contributed by atoms with Crippen molar-refractivity contribution >= 4 is 34.4 Å². The second-order valence-corrected chi connectivity index (χ2v) is 8.37. The Morgan fingerprint density at radius 3 is 2.71 bits per heavy atom. The SMILES string of the molecule is CNC1(C(C)=O)CCN(c2ccc(F)cc2NC(=O)c2csc(-c3cn[nH]c3)n2)CC1. The predicted octanol–water partition coefficient (Wildman–Crippen LogP) is 3.07. The molecule has 3 N–H and O–H groups in total. The number of rotatable bonds is 6. The molecule has 3 aromatic rings. The van der Waals surface area contributed by atoms with Gasteiger partial charge in [0.2, 0.25) is 0 Å². The first kappa shape index (κ1) is 21.1. The molecular formula is C21H23FN6O2S. The van der Waals surface area contributed by atoms with E-state index in [1.165, 1.54) is 23.5 Å². The summed E-state index contributed by atoms with van der Waals surface area (Å²) in [7, 11) is 1.80. The van der Waals surface area contributed by atoms with Gasteiger partial charge in [0.25, 0.3) is 5.91 Å². The number of amides is 1. The van der Waals surface area contributed by atoms with Gasteiger partial charge in [-0.2, -0.15) is 5.10 Å². The summed E-state index contributed by atoms with van der Waals surface area (Å²) in [5.74, 6) is -0.746. The first-order valence-electron chi connectivity index (χ1n) is 9.92. The Morgan fingerprint density at radius 2 is 2.06 bits per heavy atom. The molecule has 10 heteroatoms. The molecule has 1 saturated heterocycles. The molecule has 0 atom stereocenters. The lowest BCUT2D eigenvalue weighted by atomic mass is 9.84. The number of aromatic amines is 1. The van der Waals surface area contributed by atoms with Gasteiger partial charge in [-0.1, -0.05) is 0 Å². The summed E-state index contributed by atoms with van der Waals surface area (Å²) in [5, 5.41) is 14.9. The van der Waals surface area contributed by atoms with Gasteiger partial charge in [-0.3, -0.25) is 14.7 Å². The fourth-order valence-corrected chi connectivity index (χ4v) is 4.64. The summed E-state index contributed by atoms with van der Waals surface area (Å²) in [6.45, 7) is 2.81. The second kappa shape index (κ2) is 8.56. The Balaban J connectivity index is 1.53. The molecule has 3 heterocycles. The number of anilines is 2. The number of halogens is 1. The van der Waals surface area contributed by atoms with Gasteiger partial charge >= 0.3 is 0 Å². The lowest BCUT2D eigenvalue weighted by Crippen LogP contribution is -2.56. The van der Waals surface area contributed by atoms with Crippen LogP contribution in [0.5, 0.6) is 0 Å². The minimum Gasteiger partial charge on any atom is -0.370 e. The molecule has 1 aromatic carbocycles. The van der Waals surface area contributed by atoms with E-state index >= 15 is 0 Å². The molecule has 0 unspecified atom stereocenters.